The Kier molecular flexibility index (Phi) is 5.18. The van der Waals surface area contributed by atoms with E-state index in [9.17, 15) is 14.0 Å². The van der Waals surface area contributed by atoms with Crippen molar-refractivity contribution in [3.8, 4) is 5.69 Å². The zero-order valence-corrected chi connectivity index (χ0v) is 15.1. The Labute approximate surface area is 158 Å². The molecule has 3 rings (SSSR count). The largest absolute Gasteiger partial charge is 0.465 e. The normalized spacial score (nSPS) is 10.5. The summed E-state index contributed by atoms with van der Waals surface area (Å²) < 4.78 is 19.9. The van der Waals surface area contributed by atoms with Gasteiger partial charge in [-0.1, -0.05) is 28.9 Å². The van der Waals surface area contributed by atoms with Gasteiger partial charge in [0, 0.05) is 5.69 Å². The SMILES string of the molecule is COC(=O)c1ccc(NC(=O)c2nnn(-c3ccccc3Cl)c2C)cc1F. The van der Waals surface area contributed by atoms with Crippen LogP contribution in [-0.2, 0) is 4.74 Å². The van der Waals surface area contributed by atoms with E-state index in [0.29, 0.717) is 16.4 Å². The molecule has 27 heavy (non-hydrogen) atoms. The summed E-state index contributed by atoms with van der Waals surface area (Å²) in [6, 6.07) is 10.6. The molecule has 0 spiro atoms. The minimum Gasteiger partial charge on any atom is -0.465 e. The van der Waals surface area contributed by atoms with Crippen LogP contribution in [0, 0.1) is 12.7 Å². The van der Waals surface area contributed by atoms with E-state index in [0.717, 1.165) is 13.2 Å². The molecule has 0 radical (unpaired) electrons. The molecule has 2 aromatic carbocycles. The summed E-state index contributed by atoms with van der Waals surface area (Å²) in [4.78, 5) is 23.9. The van der Waals surface area contributed by atoms with Crippen molar-refractivity contribution < 1.29 is 18.7 Å². The Morgan fingerprint density at radius 3 is 2.63 bits per heavy atom. The van der Waals surface area contributed by atoms with E-state index in [4.69, 9.17) is 11.6 Å². The van der Waals surface area contributed by atoms with Crippen molar-refractivity contribution in [2.45, 2.75) is 6.92 Å². The van der Waals surface area contributed by atoms with Crippen LogP contribution in [0.5, 0.6) is 0 Å². The van der Waals surface area contributed by atoms with Gasteiger partial charge < -0.3 is 10.1 Å². The van der Waals surface area contributed by atoms with Gasteiger partial charge in [0.25, 0.3) is 5.91 Å². The molecular weight excluding hydrogens is 375 g/mol. The van der Waals surface area contributed by atoms with Gasteiger partial charge in [-0.15, -0.1) is 5.10 Å². The monoisotopic (exact) mass is 388 g/mol. The molecule has 1 amide bonds. The van der Waals surface area contributed by atoms with Crippen LogP contribution < -0.4 is 5.32 Å². The number of nitrogens with zero attached hydrogens (tertiary/aromatic N) is 3. The van der Waals surface area contributed by atoms with E-state index >= 15 is 0 Å². The molecule has 1 heterocycles. The van der Waals surface area contributed by atoms with Gasteiger partial charge in [0.2, 0.25) is 0 Å². The summed E-state index contributed by atoms with van der Waals surface area (Å²) in [5.74, 6) is -2.18. The smallest absolute Gasteiger partial charge is 0.340 e. The van der Waals surface area contributed by atoms with E-state index in [2.05, 4.69) is 20.4 Å². The average Bonchev–Trinajstić information content (AvgIpc) is 3.03. The quantitative estimate of drug-likeness (QED) is 0.692. The van der Waals surface area contributed by atoms with E-state index in [1.54, 1.807) is 31.2 Å². The molecule has 0 aliphatic carbocycles. The highest BCUT2D eigenvalue weighted by Gasteiger charge is 2.19. The molecular formula is C18H14ClFN4O3. The first-order valence-electron chi connectivity index (χ1n) is 7.78. The number of esters is 1. The molecule has 0 fully saturated rings. The van der Waals surface area contributed by atoms with Crippen LogP contribution in [0.2, 0.25) is 5.02 Å². The van der Waals surface area contributed by atoms with Crippen molar-refractivity contribution in [1.82, 2.24) is 15.0 Å². The standard InChI is InChI=1S/C18H14ClFN4O3/c1-10-16(22-23-24(10)15-6-4-3-5-13(15)19)17(25)21-11-7-8-12(14(20)9-11)18(26)27-2/h3-9H,1-2H3,(H,21,25). The molecule has 0 atom stereocenters. The van der Waals surface area contributed by atoms with Crippen LogP contribution in [0.4, 0.5) is 10.1 Å². The highest BCUT2D eigenvalue weighted by molar-refractivity contribution is 6.32. The predicted molar refractivity (Wildman–Crippen MR) is 96.8 cm³/mol. The van der Waals surface area contributed by atoms with E-state index < -0.39 is 17.7 Å². The lowest BCUT2D eigenvalue weighted by Crippen LogP contribution is -2.15. The Bertz CT molecular complexity index is 1040. The average molecular weight is 389 g/mol. The van der Waals surface area contributed by atoms with Crippen molar-refractivity contribution in [3.63, 3.8) is 0 Å². The molecule has 0 saturated carbocycles. The van der Waals surface area contributed by atoms with Gasteiger partial charge in [0.05, 0.1) is 29.1 Å². The first-order chi connectivity index (χ1) is 12.9. The second-order valence-corrected chi connectivity index (χ2v) is 5.93. The summed E-state index contributed by atoms with van der Waals surface area (Å²) >= 11 is 6.15. The fraction of sp³-hybridized carbons (Fsp3) is 0.111. The van der Waals surface area contributed by atoms with Crippen LogP contribution in [0.25, 0.3) is 5.69 Å². The topological polar surface area (TPSA) is 86.1 Å². The lowest BCUT2D eigenvalue weighted by molar-refractivity contribution is 0.0595. The number of aromatic nitrogens is 3. The van der Waals surface area contributed by atoms with Gasteiger partial charge in [-0.3, -0.25) is 4.79 Å². The number of halogens is 2. The number of carbonyl (C=O) groups is 2. The van der Waals surface area contributed by atoms with Crippen molar-refractivity contribution in [3.05, 3.63) is 70.3 Å². The Morgan fingerprint density at radius 2 is 1.96 bits per heavy atom. The summed E-state index contributed by atoms with van der Waals surface area (Å²) in [5, 5.41) is 10.8. The maximum absolute atomic E-state index is 14.0. The number of amides is 1. The van der Waals surface area contributed by atoms with Crippen LogP contribution in [0.15, 0.2) is 42.5 Å². The number of nitrogens with one attached hydrogen (secondary N) is 1. The van der Waals surface area contributed by atoms with Gasteiger partial charge in [-0.05, 0) is 37.3 Å². The first kappa shape index (κ1) is 18.5. The van der Waals surface area contributed by atoms with Crippen LogP contribution in [0.1, 0.15) is 26.5 Å². The Morgan fingerprint density at radius 1 is 1.22 bits per heavy atom. The van der Waals surface area contributed by atoms with Gasteiger partial charge in [0.1, 0.15) is 5.82 Å². The van der Waals surface area contributed by atoms with Crippen molar-refractivity contribution in [2.24, 2.45) is 0 Å². The molecule has 3 aromatic rings. The number of methoxy groups -OCH3 is 1. The second-order valence-electron chi connectivity index (χ2n) is 5.53. The summed E-state index contributed by atoms with van der Waals surface area (Å²) in [7, 11) is 1.16. The number of benzene rings is 2. The molecule has 9 heteroatoms. The van der Waals surface area contributed by atoms with Crippen LogP contribution >= 0.6 is 11.6 Å². The Balaban J connectivity index is 1.85. The number of hydrogen-bond donors (Lipinski definition) is 1. The third-order valence-corrected chi connectivity index (χ3v) is 4.14. The predicted octanol–water partition coefficient (Wildman–Crippen LogP) is 3.41. The maximum atomic E-state index is 14.0. The van der Waals surface area contributed by atoms with E-state index in [1.807, 2.05) is 0 Å². The molecule has 1 N–H and O–H groups in total. The molecule has 0 aliphatic rings. The summed E-state index contributed by atoms with van der Waals surface area (Å²) in [6.45, 7) is 1.67. The number of anilines is 1. The van der Waals surface area contributed by atoms with Crippen LogP contribution in [-0.4, -0.2) is 34.0 Å². The summed E-state index contributed by atoms with van der Waals surface area (Å²) in [6.07, 6.45) is 0. The maximum Gasteiger partial charge on any atom is 0.340 e. The van der Waals surface area contributed by atoms with Gasteiger partial charge in [-0.2, -0.15) is 0 Å². The number of hydrogen-bond acceptors (Lipinski definition) is 5. The zero-order chi connectivity index (χ0) is 19.6. The van der Waals surface area contributed by atoms with E-state index in [-0.39, 0.29) is 16.9 Å². The number of carbonyl (C=O) groups excluding carboxylic acids is 2. The highest BCUT2D eigenvalue weighted by Crippen LogP contribution is 2.22. The Hall–Kier alpha value is -3.26. The minimum absolute atomic E-state index is 0.0624. The number of rotatable bonds is 4. The van der Waals surface area contributed by atoms with Gasteiger partial charge in [-0.25, -0.2) is 13.9 Å². The number of ether oxygens (including phenoxy) is 1. The lowest BCUT2D eigenvalue weighted by Gasteiger charge is -2.07. The molecule has 138 valence electrons. The molecule has 7 nitrogen and oxygen atoms in total. The molecule has 0 bridgehead atoms. The summed E-state index contributed by atoms with van der Waals surface area (Å²) in [5.41, 5.74) is 1.05. The fourth-order valence-electron chi connectivity index (χ4n) is 2.45. The fourth-order valence-corrected chi connectivity index (χ4v) is 2.67. The van der Waals surface area contributed by atoms with Crippen LogP contribution in [0.3, 0.4) is 0 Å². The van der Waals surface area contributed by atoms with Crippen molar-refractivity contribution >= 4 is 29.2 Å². The zero-order valence-electron chi connectivity index (χ0n) is 14.4. The molecule has 0 unspecified atom stereocenters. The van der Waals surface area contributed by atoms with E-state index in [1.165, 1.54) is 16.8 Å². The highest BCUT2D eigenvalue weighted by atomic mass is 35.5. The third-order valence-electron chi connectivity index (χ3n) is 3.82. The van der Waals surface area contributed by atoms with Gasteiger partial charge >= 0.3 is 5.97 Å². The first-order valence-corrected chi connectivity index (χ1v) is 8.16. The van der Waals surface area contributed by atoms with Crippen molar-refractivity contribution in [2.75, 3.05) is 12.4 Å². The molecule has 1 aromatic heterocycles. The lowest BCUT2D eigenvalue weighted by atomic mass is 10.2. The molecule has 0 saturated heterocycles. The third kappa shape index (κ3) is 3.65. The number of para-hydroxylation sites is 1. The minimum atomic E-state index is -0.809. The molecule has 0 aliphatic heterocycles. The van der Waals surface area contributed by atoms with Crippen molar-refractivity contribution in [1.29, 1.82) is 0 Å². The van der Waals surface area contributed by atoms with Gasteiger partial charge in [0.15, 0.2) is 5.69 Å². The second kappa shape index (κ2) is 7.55.